The van der Waals surface area contributed by atoms with Crippen molar-refractivity contribution in [3.63, 3.8) is 0 Å². The first kappa shape index (κ1) is 13.0. The van der Waals surface area contributed by atoms with Gasteiger partial charge in [-0.1, -0.05) is 22.0 Å². The van der Waals surface area contributed by atoms with E-state index in [1.807, 2.05) is 25.1 Å². The van der Waals surface area contributed by atoms with Crippen LogP contribution in [0.25, 0.3) is 0 Å². The third kappa shape index (κ3) is 3.08. The van der Waals surface area contributed by atoms with Crippen molar-refractivity contribution in [2.24, 2.45) is 5.73 Å². The maximum atomic E-state index is 5.89. The lowest BCUT2D eigenvalue weighted by Crippen LogP contribution is -2.08. The van der Waals surface area contributed by atoms with Gasteiger partial charge in [-0.15, -0.1) is 10.2 Å². The number of ether oxygens (including phenoxy) is 1. The lowest BCUT2D eigenvalue weighted by molar-refractivity contribution is 0.257. The molecule has 0 bridgehead atoms. The molecule has 0 spiro atoms. The number of aryl methyl sites for hydroxylation is 1. The zero-order chi connectivity index (χ0) is 13.1. The van der Waals surface area contributed by atoms with Gasteiger partial charge in [-0.25, -0.2) is 0 Å². The predicted octanol–water partition coefficient (Wildman–Crippen LogP) is 2.74. The third-order valence-electron chi connectivity index (χ3n) is 2.39. The summed E-state index contributed by atoms with van der Waals surface area (Å²) in [4.78, 5) is 0. The Labute approximate surface area is 113 Å². The van der Waals surface area contributed by atoms with Crippen LogP contribution in [-0.2, 0) is 6.61 Å². The molecule has 0 unspecified atom stereocenters. The number of hydrogen-bond donors (Lipinski definition) is 1. The summed E-state index contributed by atoms with van der Waals surface area (Å²) >= 11 is 3.40. The monoisotopic (exact) mass is 311 g/mol. The average molecular weight is 312 g/mol. The first-order valence-corrected chi connectivity index (χ1v) is 6.32. The molecule has 0 aliphatic heterocycles. The summed E-state index contributed by atoms with van der Waals surface area (Å²) in [5, 5.41) is 7.62. The van der Waals surface area contributed by atoms with Crippen molar-refractivity contribution in [1.82, 2.24) is 10.2 Å². The molecule has 18 heavy (non-hydrogen) atoms. The van der Waals surface area contributed by atoms with Crippen LogP contribution in [0, 0.1) is 6.92 Å². The van der Waals surface area contributed by atoms with Crippen LogP contribution in [-0.4, -0.2) is 10.2 Å². The fraction of sp³-hybridized carbons (Fsp3) is 0.333. The minimum atomic E-state index is -0.0995. The molecule has 1 heterocycles. The van der Waals surface area contributed by atoms with Crippen LogP contribution >= 0.6 is 15.9 Å². The normalized spacial score (nSPS) is 12.4. The smallest absolute Gasteiger partial charge is 0.253 e. The van der Waals surface area contributed by atoms with Gasteiger partial charge in [0.05, 0.1) is 0 Å². The number of nitrogens with zero attached hydrogens (tertiary/aromatic N) is 2. The number of nitrogens with two attached hydrogens (primary N) is 1. The number of hydrogen-bond acceptors (Lipinski definition) is 5. The van der Waals surface area contributed by atoms with Crippen molar-refractivity contribution < 1.29 is 9.15 Å². The molecule has 0 aliphatic rings. The van der Waals surface area contributed by atoms with E-state index in [-0.39, 0.29) is 12.6 Å². The Morgan fingerprint density at radius 2 is 2.22 bits per heavy atom. The molecule has 6 heteroatoms. The fourth-order valence-electron chi connectivity index (χ4n) is 1.54. The number of benzene rings is 1. The molecular formula is C12H14BrN3O2. The Morgan fingerprint density at radius 3 is 2.83 bits per heavy atom. The molecule has 2 aromatic rings. The molecule has 0 saturated carbocycles. The third-order valence-corrected chi connectivity index (χ3v) is 2.88. The van der Waals surface area contributed by atoms with E-state index in [0.717, 1.165) is 15.8 Å². The number of aromatic nitrogens is 2. The fourth-order valence-corrected chi connectivity index (χ4v) is 1.88. The Hall–Kier alpha value is -1.40. The predicted molar refractivity (Wildman–Crippen MR) is 70.1 cm³/mol. The standard InChI is InChI=1S/C12H14BrN3O2/c1-7(14)10-4-3-9(13)5-11(10)17-6-12-16-15-8(2)18-12/h3-5,7H,6,14H2,1-2H3/t7-/m1/s1. The van der Waals surface area contributed by atoms with Crippen LogP contribution in [0.5, 0.6) is 5.75 Å². The van der Waals surface area contributed by atoms with Gasteiger partial charge in [0, 0.05) is 23.0 Å². The van der Waals surface area contributed by atoms with E-state index >= 15 is 0 Å². The van der Waals surface area contributed by atoms with Crippen molar-refractivity contribution >= 4 is 15.9 Å². The first-order chi connectivity index (χ1) is 8.56. The van der Waals surface area contributed by atoms with Gasteiger partial charge in [0.25, 0.3) is 5.89 Å². The van der Waals surface area contributed by atoms with Gasteiger partial charge < -0.3 is 14.9 Å². The Bertz CT molecular complexity index is 540. The molecule has 1 aromatic carbocycles. The number of rotatable bonds is 4. The van der Waals surface area contributed by atoms with Crippen molar-refractivity contribution in [3.05, 3.63) is 40.0 Å². The van der Waals surface area contributed by atoms with E-state index in [1.165, 1.54) is 0 Å². The summed E-state index contributed by atoms with van der Waals surface area (Å²) < 4.78 is 11.9. The SMILES string of the molecule is Cc1nnc(COc2cc(Br)ccc2[C@@H](C)N)o1. The topological polar surface area (TPSA) is 74.2 Å². The van der Waals surface area contributed by atoms with E-state index in [0.29, 0.717) is 11.8 Å². The van der Waals surface area contributed by atoms with Crippen molar-refractivity contribution in [1.29, 1.82) is 0 Å². The van der Waals surface area contributed by atoms with Gasteiger partial charge >= 0.3 is 0 Å². The summed E-state index contributed by atoms with van der Waals surface area (Å²) in [5.74, 6) is 1.69. The molecule has 2 N–H and O–H groups in total. The summed E-state index contributed by atoms with van der Waals surface area (Å²) in [6.07, 6.45) is 0. The second-order valence-electron chi connectivity index (χ2n) is 3.97. The van der Waals surface area contributed by atoms with Crippen LogP contribution in [0.1, 0.15) is 30.3 Å². The maximum Gasteiger partial charge on any atom is 0.253 e. The van der Waals surface area contributed by atoms with Crippen LogP contribution in [0.4, 0.5) is 0 Å². The Kier molecular flexibility index (Phi) is 3.98. The van der Waals surface area contributed by atoms with Crippen LogP contribution in [0.15, 0.2) is 27.1 Å². The molecule has 0 aliphatic carbocycles. The quantitative estimate of drug-likeness (QED) is 0.939. The van der Waals surface area contributed by atoms with Crippen molar-refractivity contribution in [3.8, 4) is 5.75 Å². The maximum absolute atomic E-state index is 5.89. The zero-order valence-corrected chi connectivity index (χ0v) is 11.8. The van der Waals surface area contributed by atoms with Gasteiger partial charge in [0.2, 0.25) is 5.89 Å². The van der Waals surface area contributed by atoms with Crippen LogP contribution in [0.3, 0.4) is 0 Å². The summed E-state index contributed by atoms with van der Waals surface area (Å²) in [7, 11) is 0. The minimum absolute atomic E-state index is 0.0995. The molecule has 96 valence electrons. The first-order valence-electron chi connectivity index (χ1n) is 5.53. The number of halogens is 1. The molecule has 1 atom stereocenters. The van der Waals surface area contributed by atoms with Gasteiger partial charge in [-0.2, -0.15) is 0 Å². The lowest BCUT2D eigenvalue weighted by Gasteiger charge is -2.13. The summed E-state index contributed by atoms with van der Waals surface area (Å²) in [5.41, 5.74) is 6.83. The van der Waals surface area contributed by atoms with Crippen LogP contribution in [0.2, 0.25) is 0 Å². The van der Waals surface area contributed by atoms with E-state index in [1.54, 1.807) is 6.92 Å². The van der Waals surface area contributed by atoms with E-state index in [4.69, 9.17) is 14.9 Å². The van der Waals surface area contributed by atoms with Crippen molar-refractivity contribution in [2.45, 2.75) is 26.5 Å². The molecule has 0 saturated heterocycles. The minimum Gasteiger partial charge on any atom is -0.483 e. The van der Waals surface area contributed by atoms with Gasteiger partial charge in [0.15, 0.2) is 6.61 Å². The largest absolute Gasteiger partial charge is 0.483 e. The summed E-state index contributed by atoms with van der Waals surface area (Å²) in [6.45, 7) is 3.88. The van der Waals surface area contributed by atoms with Gasteiger partial charge in [-0.05, 0) is 19.1 Å². The highest BCUT2D eigenvalue weighted by atomic mass is 79.9. The molecule has 1 aromatic heterocycles. The van der Waals surface area contributed by atoms with E-state index < -0.39 is 0 Å². The highest BCUT2D eigenvalue weighted by molar-refractivity contribution is 9.10. The summed E-state index contributed by atoms with van der Waals surface area (Å²) in [6, 6.07) is 5.64. The average Bonchev–Trinajstić information content (AvgIpc) is 2.72. The van der Waals surface area contributed by atoms with Crippen molar-refractivity contribution in [2.75, 3.05) is 0 Å². The molecule has 0 fully saturated rings. The second kappa shape index (κ2) is 5.49. The molecule has 0 radical (unpaired) electrons. The molecule has 0 amide bonds. The molecule has 5 nitrogen and oxygen atoms in total. The Morgan fingerprint density at radius 1 is 1.44 bits per heavy atom. The lowest BCUT2D eigenvalue weighted by atomic mass is 10.1. The van der Waals surface area contributed by atoms with Crippen LogP contribution < -0.4 is 10.5 Å². The Balaban J connectivity index is 2.15. The second-order valence-corrected chi connectivity index (χ2v) is 4.89. The zero-order valence-electron chi connectivity index (χ0n) is 10.2. The van der Waals surface area contributed by atoms with E-state index in [2.05, 4.69) is 26.1 Å². The highest BCUT2D eigenvalue weighted by Crippen LogP contribution is 2.28. The highest BCUT2D eigenvalue weighted by Gasteiger charge is 2.10. The van der Waals surface area contributed by atoms with E-state index in [9.17, 15) is 0 Å². The molecule has 2 rings (SSSR count). The van der Waals surface area contributed by atoms with Gasteiger partial charge in [0.1, 0.15) is 5.75 Å². The van der Waals surface area contributed by atoms with Gasteiger partial charge in [-0.3, -0.25) is 0 Å². The molecular weight excluding hydrogens is 298 g/mol.